The van der Waals surface area contributed by atoms with Gasteiger partial charge >= 0.3 is 0 Å². The van der Waals surface area contributed by atoms with Crippen LogP contribution in [0, 0.1) is 5.92 Å². The van der Waals surface area contributed by atoms with Crippen molar-refractivity contribution in [3.8, 4) is 0 Å². The van der Waals surface area contributed by atoms with Crippen molar-refractivity contribution in [1.82, 2.24) is 5.32 Å². The number of hydrogen-bond acceptors (Lipinski definition) is 2. The molecule has 0 spiro atoms. The highest BCUT2D eigenvalue weighted by molar-refractivity contribution is 7.99. The van der Waals surface area contributed by atoms with Gasteiger partial charge in [0, 0.05) is 17.3 Å². The van der Waals surface area contributed by atoms with Crippen molar-refractivity contribution in [2.75, 3.05) is 5.75 Å². The Morgan fingerprint density at radius 3 is 2.60 bits per heavy atom. The Morgan fingerprint density at radius 1 is 1.27 bits per heavy atom. The molecule has 0 amide bonds. The number of thioether (sulfide) groups is 1. The molecule has 0 bridgehead atoms. The number of hydrogen-bond donors (Lipinski definition) is 1. The first kappa shape index (κ1) is 13.4. The van der Waals surface area contributed by atoms with Crippen molar-refractivity contribution in [3.05, 3.63) is 0 Å². The maximum Gasteiger partial charge on any atom is 0.00801 e. The molecule has 2 heteroatoms. The summed E-state index contributed by atoms with van der Waals surface area (Å²) in [5.41, 5.74) is 0. The second kappa shape index (κ2) is 6.80. The molecule has 0 aromatic carbocycles. The zero-order valence-corrected chi connectivity index (χ0v) is 11.6. The van der Waals surface area contributed by atoms with Gasteiger partial charge < -0.3 is 5.32 Å². The Bertz CT molecular complexity index is 168. The summed E-state index contributed by atoms with van der Waals surface area (Å²) < 4.78 is 0. The van der Waals surface area contributed by atoms with Crippen molar-refractivity contribution in [1.29, 1.82) is 0 Å². The fourth-order valence-corrected chi connectivity index (χ4v) is 3.42. The van der Waals surface area contributed by atoms with Gasteiger partial charge in [0.25, 0.3) is 0 Å². The van der Waals surface area contributed by atoms with Crippen molar-refractivity contribution >= 4 is 11.8 Å². The molecule has 90 valence electrons. The molecule has 1 rings (SSSR count). The number of rotatable bonds is 5. The Kier molecular flexibility index (Phi) is 6.06. The minimum Gasteiger partial charge on any atom is -0.311 e. The third-order valence-corrected chi connectivity index (χ3v) is 4.76. The fourth-order valence-electron chi connectivity index (χ4n) is 2.25. The summed E-state index contributed by atoms with van der Waals surface area (Å²) in [5, 5.41) is 4.71. The Hall–Kier alpha value is 0.310. The quantitative estimate of drug-likeness (QED) is 0.772. The van der Waals surface area contributed by atoms with Crippen molar-refractivity contribution < 1.29 is 0 Å². The number of nitrogens with one attached hydrogen (secondary N) is 1. The van der Waals surface area contributed by atoms with E-state index >= 15 is 0 Å². The summed E-state index contributed by atoms with van der Waals surface area (Å²) in [7, 11) is 0. The van der Waals surface area contributed by atoms with Gasteiger partial charge in [-0.3, -0.25) is 0 Å². The summed E-state index contributed by atoms with van der Waals surface area (Å²) in [6.45, 7) is 9.21. The lowest BCUT2D eigenvalue weighted by atomic mass is 9.93. The van der Waals surface area contributed by atoms with Crippen molar-refractivity contribution in [3.63, 3.8) is 0 Å². The van der Waals surface area contributed by atoms with Gasteiger partial charge in [-0.05, 0) is 37.9 Å². The molecular weight excluding hydrogens is 202 g/mol. The zero-order chi connectivity index (χ0) is 11.3. The minimum atomic E-state index is 0.667. The molecular formula is C13H27NS. The van der Waals surface area contributed by atoms with Gasteiger partial charge in [0.2, 0.25) is 0 Å². The molecule has 0 saturated heterocycles. The smallest absolute Gasteiger partial charge is 0.00801 e. The van der Waals surface area contributed by atoms with E-state index in [0.717, 1.165) is 17.2 Å². The van der Waals surface area contributed by atoms with E-state index in [2.05, 4.69) is 44.8 Å². The molecule has 1 N–H and O–H groups in total. The van der Waals surface area contributed by atoms with Crippen LogP contribution in [0.2, 0.25) is 0 Å². The van der Waals surface area contributed by atoms with Crippen LogP contribution in [-0.4, -0.2) is 23.1 Å². The average molecular weight is 229 g/mol. The van der Waals surface area contributed by atoms with E-state index in [4.69, 9.17) is 0 Å². The van der Waals surface area contributed by atoms with E-state index in [-0.39, 0.29) is 0 Å². The fraction of sp³-hybridized carbons (Fsp3) is 1.00. The molecule has 1 saturated carbocycles. The Labute approximate surface area is 99.8 Å². The molecule has 3 atom stereocenters. The lowest BCUT2D eigenvalue weighted by molar-refractivity contribution is 0.314. The third-order valence-electron chi connectivity index (χ3n) is 3.53. The normalized spacial score (nSPS) is 29.4. The average Bonchev–Trinajstić information content (AvgIpc) is 2.18. The summed E-state index contributed by atoms with van der Waals surface area (Å²) in [4.78, 5) is 0. The predicted octanol–water partition coefficient (Wildman–Crippen LogP) is 3.68. The van der Waals surface area contributed by atoms with Crippen LogP contribution < -0.4 is 5.32 Å². The van der Waals surface area contributed by atoms with Crippen LogP contribution in [-0.2, 0) is 0 Å². The van der Waals surface area contributed by atoms with E-state index in [1.54, 1.807) is 0 Å². The van der Waals surface area contributed by atoms with Crippen molar-refractivity contribution in [2.45, 2.75) is 70.7 Å². The lowest BCUT2D eigenvalue weighted by Crippen LogP contribution is -2.42. The summed E-state index contributed by atoms with van der Waals surface area (Å²) in [6.07, 6.45) is 5.63. The van der Waals surface area contributed by atoms with Crippen LogP contribution in [0.1, 0.15) is 53.4 Å². The van der Waals surface area contributed by atoms with Crippen LogP contribution in [0.25, 0.3) is 0 Å². The first-order valence-corrected chi connectivity index (χ1v) is 7.56. The SMILES string of the molecule is CCSC1CCCC(NC(C)C(C)C)C1. The zero-order valence-electron chi connectivity index (χ0n) is 10.8. The monoisotopic (exact) mass is 229 g/mol. The molecule has 0 heterocycles. The second-order valence-electron chi connectivity index (χ2n) is 5.14. The summed E-state index contributed by atoms with van der Waals surface area (Å²) in [6, 6.07) is 1.44. The van der Waals surface area contributed by atoms with Crippen LogP contribution in [0.15, 0.2) is 0 Å². The summed E-state index contributed by atoms with van der Waals surface area (Å²) >= 11 is 2.15. The molecule has 0 radical (unpaired) electrons. The highest BCUT2D eigenvalue weighted by Crippen LogP contribution is 2.28. The highest BCUT2D eigenvalue weighted by Gasteiger charge is 2.23. The second-order valence-corrected chi connectivity index (χ2v) is 6.72. The van der Waals surface area contributed by atoms with Gasteiger partial charge in [0.15, 0.2) is 0 Å². The van der Waals surface area contributed by atoms with Gasteiger partial charge in [-0.2, -0.15) is 11.8 Å². The largest absolute Gasteiger partial charge is 0.311 e. The Morgan fingerprint density at radius 2 is 2.00 bits per heavy atom. The van der Waals surface area contributed by atoms with Crippen LogP contribution >= 0.6 is 11.8 Å². The molecule has 1 aliphatic rings. The first-order chi connectivity index (χ1) is 7.13. The molecule has 15 heavy (non-hydrogen) atoms. The molecule has 1 fully saturated rings. The predicted molar refractivity (Wildman–Crippen MR) is 71.6 cm³/mol. The van der Waals surface area contributed by atoms with Gasteiger partial charge in [-0.25, -0.2) is 0 Å². The molecule has 0 aliphatic heterocycles. The van der Waals surface area contributed by atoms with Crippen molar-refractivity contribution in [2.24, 2.45) is 5.92 Å². The van der Waals surface area contributed by atoms with E-state index in [1.165, 1.54) is 31.4 Å². The van der Waals surface area contributed by atoms with E-state index in [9.17, 15) is 0 Å². The minimum absolute atomic E-state index is 0.667. The highest BCUT2D eigenvalue weighted by atomic mass is 32.2. The van der Waals surface area contributed by atoms with E-state index in [0.29, 0.717) is 6.04 Å². The maximum atomic E-state index is 3.79. The topological polar surface area (TPSA) is 12.0 Å². The van der Waals surface area contributed by atoms with Gasteiger partial charge in [-0.1, -0.05) is 27.2 Å². The van der Waals surface area contributed by atoms with Crippen LogP contribution in [0.3, 0.4) is 0 Å². The first-order valence-electron chi connectivity index (χ1n) is 6.51. The van der Waals surface area contributed by atoms with Crippen LogP contribution in [0.5, 0.6) is 0 Å². The van der Waals surface area contributed by atoms with Gasteiger partial charge in [0.05, 0.1) is 0 Å². The summed E-state index contributed by atoms with van der Waals surface area (Å²) in [5.74, 6) is 2.03. The molecule has 1 aliphatic carbocycles. The lowest BCUT2D eigenvalue weighted by Gasteiger charge is -2.32. The van der Waals surface area contributed by atoms with Gasteiger partial charge in [-0.15, -0.1) is 0 Å². The van der Waals surface area contributed by atoms with E-state index < -0.39 is 0 Å². The molecule has 3 unspecified atom stereocenters. The van der Waals surface area contributed by atoms with Crippen LogP contribution in [0.4, 0.5) is 0 Å². The molecule has 1 nitrogen and oxygen atoms in total. The van der Waals surface area contributed by atoms with Gasteiger partial charge in [0.1, 0.15) is 0 Å². The molecule has 0 aromatic rings. The third kappa shape index (κ3) is 4.78. The molecule has 0 aromatic heterocycles. The Balaban J connectivity index is 2.29. The maximum absolute atomic E-state index is 3.79. The van der Waals surface area contributed by atoms with E-state index in [1.807, 2.05) is 0 Å². The standard InChI is InChI=1S/C13H27NS/c1-5-15-13-8-6-7-12(9-13)14-11(4)10(2)3/h10-14H,5-9H2,1-4H3.